The number of hydrogen-bond donors (Lipinski definition) is 0. The van der Waals surface area contributed by atoms with E-state index in [-0.39, 0.29) is 24.0 Å². The van der Waals surface area contributed by atoms with Gasteiger partial charge in [0.15, 0.2) is 17.4 Å². The highest BCUT2D eigenvalue weighted by atomic mass is 79.9. The number of epoxide rings is 1. The third-order valence-electron chi connectivity index (χ3n) is 3.03. The zero-order valence-corrected chi connectivity index (χ0v) is 10.4. The summed E-state index contributed by atoms with van der Waals surface area (Å²) in [6.07, 6.45) is 1.02. The molecule has 0 aromatic rings. The standard InChI is InChI=1S/C10H8BrNO5/c1-15-9(14)5-3-10(17-12-5)2-4(11)6(13)7-8(10)16-7/h2,7-8H,3H2,1H3/t7-,8-,10+/m0/s1. The summed E-state index contributed by atoms with van der Waals surface area (Å²) in [6, 6.07) is 0. The van der Waals surface area contributed by atoms with Crippen LogP contribution in [0.2, 0.25) is 0 Å². The van der Waals surface area contributed by atoms with Crippen molar-refractivity contribution in [3.05, 3.63) is 10.6 Å². The number of oxime groups is 1. The first-order chi connectivity index (χ1) is 8.07. The molecule has 7 heteroatoms. The fraction of sp³-hybridized carbons (Fsp3) is 0.500. The van der Waals surface area contributed by atoms with Crippen molar-refractivity contribution in [1.29, 1.82) is 0 Å². The summed E-state index contributed by atoms with van der Waals surface area (Å²) >= 11 is 3.16. The van der Waals surface area contributed by atoms with Crippen LogP contribution >= 0.6 is 15.9 Å². The molecule has 0 aromatic heterocycles. The largest absolute Gasteiger partial charge is 0.464 e. The number of esters is 1. The van der Waals surface area contributed by atoms with E-state index in [1.807, 2.05) is 0 Å². The molecule has 1 saturated heterocycles. The van der Waals surface area contributed by atoms with Crippen molar-refractivity contribution in [2.75, 3.05) is 7.11 Å². The van der Waals surface area contributed by atoms with Crippen molar-refractivity contribution in [3.8, 4) is 0 Å². The molecule has 0 radical (unpaired) electrons. The maximum absolute atomic E-state index is 11.6. The maximum Gasteiger partial charge on any atom is 0.356 e. The molecule has 0 unspecified atom stereocenters. The minimum atomic E-state index is -0.846. The summed E-state index contributed by atoms with van der Waals surface area (Å²) in [5.74, 6) is -0.628. The van der Waals surface area contributed by atoms with E-state index in [2.05, 4.69) is 25.8 Å². The molecule has 3 rings (SSSR count). The first kappa shape index (κ1) is 10.9. The Morgan fingerprint density at radius 3 is 3.18 bits per heavy atom. The van der Waals surface area contributed by atoms with Gasteiger partial charge in [-0.1, -0.05) is 5.16 Å². The highest BCUT2D eigenvalue weighted by Crippen LogP contribution is 2.47. The van der Waals surface area contributed by atoms with Crippen LogP contribution in [0, 0.1) is 0 Å². The van der Waals surface area contributed by atoms with Gasteiger partial charge in [-0.2, -0.15) is 0 Å². The fourth-order valence-corrected chi connectivity index (χ4v) is 2.72. The Morgan fingerprint density at radius 1 is 1.71 bits per heavy atom. The number of methoxy groups -OCH3 is 1. The number of nitrogens with zero attached hydrogens (tertiary/aromatic N) is 1. The molecule has 3 aliphatic rings. The van der Waals surface area contributed by atoms with Gasteiger partial charge in [0.05, 0.1) is 11.6 Å². The van der Waals surface area contributed by atoms with Crippen LogP contribution in [0.3, 0.4) is 0 Å². The van der Waals surface area contributed by atoms with E-state index in [4.69, 9.17) is 9.57 Å². The number of ether oxygens (including phenoxy) is 2. The molecule has 1 fully saturated rings. The molecule has 0 amide bonds. The SMILES string of the molecule is COC(=O)C1=NO[C@]2(C=C(Br)C(=O)[C@@H]3O[C@@H]32)C1. The second-order valence-corrected chi connectivity index (χ2v) is 4.94. The average Bonchev–Trinajstić information content (AvgIpc) is 3.03. The van der Waals surface area contributed by atoms with Gasteiger partial charge in [-0.05, 0) is 22.0 Å². The van der Waals surface area contributed by atoms with Crippen molar-refractivity contribution < 1.29 is 23.9 Å². The van der Waals surface area contributed by atoms with E-state index in [1.165, 1.54) is 7.11 Å². The lowest BCUT2D eigenvalue weighted by Crippen LogP contribution is -2.40. The van der Waals surface area contributed by atoms with E-state index >= 15 is 0 Å². The van der Waals surface area contributed by atoms with E-state index in [1.54, 1.807) is 6.08 Å². The first-order valence-electron chi connectivity index (χ1n) is 4.99. The summed E-state index contributed by atoms with van der Waals surface area (Å²) in [6.45, 7) is 0. The minimum Gasteiger partial charge on any atom is -0.464 e. The van der Waals surface area contributed by atoms with Crippen LogP contribution in [0.5, 0.6) is 0 Å². The lowest BCUT2D eigenvalue weighted by atomic mass is 9.86. The van der Waals surface area contributed by atoms with Crippen molar-refractivity contribution in [2.24, 2.45) is 5.16 Å². The highest BCUT2D eigenvalue weighted by molar-refractivity contribution is 9.12. The monoisotopic (exact) mass is 301 g/mol. The van der Waals surface area contributed by atoms with Gasteiger partial charge in [-0.3, -0.25) is 4.79 Å². The van der Waals surface area contributed by atoms with Crippen LogP contribution in [-0.2, 0) is 23.9 Å². The molecule has 0 bridgehead atoms. The second kappa shape index (κ2) is 3.39. The van der Waals surface area contributed by atoms with Crippen LogP contribution < -0.4 is 0 Å². The molecule has 0 aromatic carbocycles. The molecule has 1 aliphatic carbocycles. The number of carbonyl (C=O) groups excluding carboxylic acids is 2. The van der Waals surface area contributed by atoms with Crippen molar-refractivity contribution in [3.63, 3.8) is 0 Å². The summed E-state index contributed by atoms with van der Waals surface area (Å²) < 4.78 is 10.3. The van der Waals surface area contributed by atoms with Gasteiger partial charge < -0.3 is 14.3 Å². The lowest BCUT2D eigenvalue weighted by Gasteiger charge is -2.23. The zero-order chi connectivity index (χ0) is 12.2. The van der Waals surface area contributed by atoms with Crippen LogP contribution in [0.1, 0.15) is 6.42 Å². The Balaban J connectivity index is 1.87. The first-order valence-corrected chi connectivity index (χ1v) is 5.78. The molecule has 2 aliphatic heterocycles. The Kier molecular flexibility index (Phi) is 2.18. The smallest absolute Gasteiger partial charge is 0.356 e. The van der Waals surface area contributed by atoms with Crippen molar-refractivity contribution in [1.82, 2.24) is 0 Å². The molecule has 2 heterocycles. The molecular weight excluding hydrogens is 294 g/mol. The van der Waals surface area contributed by atoms with E-state index in [0.29, 0.717) is 4.48 Å². The summed E-state index contributed by atoms with van der Waals surface area (Å²) in [7, 11) is 1.28. The molecular formula is C10H8BrNO5. The van der Waals surface area contributed by atoms with E-state index in [0.717, 1.165) is 0 Å². The summed E-state index contributed by atoms with van der Waals surface area (Å²) in [4.78, 5) is 28.2. The Hall–Kier alpha value is -1.21. The Morgan fingerprint density at radius 2 is 2.47 bits per heavy atom. The van der Waals surface area contributed by atoms with Gasteiger partial charge in [0, 0.05) is 6.42 Å². The quantitative estimate of drug-likeness (QED) is 0.514. The maximum atomic E-state index is 11.6. The number of Topliss-reactive ketones (excluding diaryl/α,β-unsaturated/α-hetero) is 1. The number of ketones is 1. The van der Waals surface area contributed by atoms with Gasteiger partial charge in [0.25, 0.3) is 0 Å². The Bertz CT molecular complexity index is 485. The van der Waals surface area contributed by atoms with Gasteiger partial charge in [-0.15, -0.1) is 0 Å². The molecule has 0 saturated carbocycles. The van der Waals surface area contributed by atoms with Crippen LogP contribution in [0.4, 0.5) is 0 Å². The molecule has 0 N–H and O–H groups in total. The second-order valence-electron chi connectivity index (χ2n) is 4.09. The van der Waals surface area contributed by atoms with E-state index < -0.39 is 17.7 Å². The predicted octanol–water partition coefficient (Wildman–Crippen LogP) is 0.303. The highest BCUT2D eigenvalue weighted by Gasteiger charge is 2.65. The normalized spacial score (nSPS) is 38.1. The van der Waals surface area contributed by atoms with Crippen molar-refractivity contribution in [2.45, 2.75) is 24.2 Å². The molecule has 17 heavy (non-hydrogen) atoms. The van der Waals surface area contributed by atoms with Crippen molar-refractivity contribution >= 4 is 33.4 Å². The number of hydrogen-bond acceptors (Lipinski definition) is 6. The van der Waals surface area contributed by atoms with Crippen LogP contribution in [0.15, 0.2) is 15.7 Å². The fourth-order valence-electron chi connectivity index (χ4n) is 2.11. The average molecular weight is 302 g/mol. The van der Waals surface area contributed by atoms with Crippen LogP contribution in [-0.4, -0.2) is 42.4 Å². The molecule has 90 valence electrons. The van der Waals surface area contributed by atoms with Gasteiger partial charge in [-0.25, -0.2) is 4.79 Å². The third kappa shape index (κ3) is 1.45. The number of halogens is 1. The topological polar surface area (TPSA) is 77.5 Å². The summed E-state index contributed by atoms with van der Waals surface area (Å²) in [5, 5.41) is 3.71. The molecule has 6 nitrogen and oxygen atoms in total. The zero-order valence-electron chi connectivity index (χ0n) is 8.81. The molecule has 3 atom stereocenters. The number of rotatable bonds is 1. The van der Waals surface area contributed by atoms with Gasteiger partial charge >= 0.3 is 5.97 Å². The van der Waals surface area contributed by atoms with Gasteiger partial charge in [0.1, 0.15) is 6.10 Å². The number of fused-ring (bicyclic) bond motifs is 2. The lowest BCUT2D eigenvalue weighted by molar-refractivity contribution is -0.132. The number of carbonyl (C=O) groups is 2. The minimum absolute atomic E-state index is 0.101. The van der Waals surface area contributed by atoms with E-state index in [9.17, 15) is 9.59 Å². The Labute approximate surface area is 105 Å². The summed E-state index contributed by atoms with van der Waals surface area (Å²) in [5.41, 5.74) is -0.645. The predicted molar refractivity (Wildman–Crippen MR) is 58.6 cm³/mol. The third-order valence-corrected chi connectivity index (χ3v) is 3.65. The van der Waals surface area contributed by atoms with Crippen LogP contribution in [0.25, 0.3) is 0 Å². The molecule has 1 spiro atoms. The van der Waals surface area contributed by atoms with Gasteiger partial charge in [0.2, 0.25) is 5.78 Å².